The van der Waals surface area contributed by atoms with Crippen LogP contribution in [0.4, 0.5) is 5.69 Å². The minimum absolute atomic E-state index is 0.0893. The molecular weight excluding hydrogens is 234 g/mol. The van der Waals surface area contributed by atoms with Crippen LogP contribution in [0.1, 0.15) is 6.42 Å². The van der Waals surface area contributed by atoms with Crippen LogP contribution in [0.25, 0.3) is 0 Å². The molecule has 0 unspecified atom stereocenters. The normalized spacial score (nSPS) is 9.94. The number of rotatable bonds is 5. The first-order chi connectivity index (χ1) is 8.04. The second-order valence-corrected chi connectivity index (χ2v) is 2.89. The van der Waals surface area contributed by atoms with Crippen molar-refractivity contribution in [2.75, 3.05) is 0 Å². The number of hydrogen-bond acceptors (Lipinski definition) is 8. The zero-order valence-electron chi connectivity index (χ0n) is 8.53. The van der Waals surface area contributed by atoms with Gasteiger partial charge in [0.15, 0.2) is 0 Å². The summed E-state index contributed by atoms with van der Waals surface area (Å²) in [6.45, 7) is -0.0893. The lowest BCUT2D eigenvalue weighted by atomic mass is 10.4. The second kappa shape index (κ2) is 5.67. The predicted molar refractivity (Wildman–Crippen MR) is 53.2 cm³/mol. The van der Waals surface area contributed by atoms with E-state index in [9.17, 15) is 19.7 Å². The van der Waals surface area contributed by atoms with Gasteiger partial charge in [-0.15, -0.1) is 0 Å². The molecule has 3 N–H and O–H groups in total. The topological polar surface area (TPSA) is 142 Å². The molecule has 0 radical (unpaired) electrons. The van der Waals surface area contributed by atoms with Crippen molar-refractivity contribution in [3.8, 4) is 0 Å². The zero-order valence-corrected chi connectivity index (χ0v) is 8.53. The molecular formula is C7H9N5O5. The van der Waals surface area contributed by atoms with Crippen molar-refractivity contribution in [2.24, 2.45) is 5.84 Å². The molecule has 0 fully saturated rings. The Hall–Kier alpha value is -2.33. The highest BCUT2D eigenvalue weighted by Gasteiger charge is 2.10. The van der Waals surface area contributed by atoms with Crippen LogP contribution in [0.5, 0.6) is 0 Å². The van der Waals surface area contributed by atoms with E-state index in [0.717, 1.165) is 17.0 Å². The Morgan fingerprint density at radius 3 is 3.00 bits per heavy atom. The highest BCUT2D eigenvalue weighted by molar-refractivity contribution is 5.68. The van der Waals surface area contributed by atoms with Gasteiger partial charge in [0.2, 0.25) is 0 Å². The highest BCUT2D eigenvalue weighted by atomic mass is 16.7. The maximum atomic E-state index is 11.2. The molecule has 0 saturated heterocycles. The van der Waals surface area contributed by atoms with Gasteiger partial charge in [-0.2, -0.15) is 4.98 Å². The molecule has 0 atom stereocenters. The summed E-state index contributed by atoms with van der Waals surface area (Å²) in [5.74, 6) is 4.03. The Bertz CT molecular complexity index is 484. The van der Waals surface area contributed by atoms with E-state index in [4.69, 9.17) is 5.84 Å². The molecule has 92 valence electrons. The van der Waals surface area contributed by atoms with E-state index < -0.39 is 16.6 Å². The minimum atomic E-state index is -0.703. The van der Waals surface area contributed by atoms with E-state index in [1.165, 1.54) is 0 Å². The van der Waals surface area contributed by atoms with E-state index in [1.54, 1.807) is 5.59 Å². The zero-order chi connectivity index (χ0) is 12.8. The SMILES string of the molecule is NNOC(=O)CCn1cc([N+](=O)[O-])cnc1=O. The molecule has 10 heteroatoms. The quantitative estimate of drug-likeness (QED) is 0.360. The second-order valence-electron chi connectivity index (χ2n) is 2.89. The monoisotopic (exact) mass is 243 g/mol. The van der Waals surface area contributed by atoms with Crippen molar-refractivity contribution >= 4 is 11.7 Å². The maximum Gasteiger partial charge on any atom is 0.347 e. The van der Waals surface area contributed by atoms with Gasteiger partial charge in [-0.3, -0.25) is 19.5 Å². The maximum absolute atomic E-state index is 11.2. The third-order valence-electron chi connectivity index (χ3n) is 1.78. The first-order valence-electron chi connectivity index (χ1n) is 4.40. The van der Waals surface area contributed by atoms with Crippen molar-refractivity contribution in [3.05, 3.63) is 33.0 Å². The van der Waals surface area contributed by atoms with E-state index in [0.29, 0.717) is 0 Å². The molecule has 0 aliphatic heterocycles. The standard InChI is InChI=1S/C7H9N5O5/c8-10-17-6(13)1-2-11-4-5(12(15)16)3-9-7(11)14/h3-4,10H,1-2,8H2. The summed E-state index contributed by atoms with van der Waals surface area (Å²) in [6, 6.07) is 0. The van der Waals surface area contributed by atoms with Gasteiger partial charge in [0.25, 0.3) is 0 Å². The van der Waals surface area contributed by atoms with Crippen molar-refractivity contribution in [3.63, 3.8) is 0 Å². The van der Waals surface area contributed by atoms with Gasteiger partial charge in [0, 0.05) is 6.54 Å². The number of carbonyl (C=O) groups excluding carboxylic acids is 1. The molecule has 0 spiro atoms. The number of nitrogens with one attached hydrogen (secondary N) is 1. The lowest BCUT2D eigenvalue weighted by Crippen LogP contribution is -2.28. The van der Waals surface area contributed by atoms with Gasteiger partial charge in [-0.25, -0.2) is 10.6 Å². The van der Waals surface area contributed by atoms with Crippen LogP contribution in [-0.4, -0.2) is 20.4 Å². The summed E-state index contributed by atoms with van der Waals surface area (Å²) < 4.78 is 0.940. The molecule has 1 rings (SSSR count). The van der Waals surface area contributed by atoms with Crippen molar-refractivity contribution < 1.29 is 14.6 Å². The van der Waals surface area contributed by atoms with E-state index in [2.05, 4.69) is 9.82 Å². The first-order valence-corrected chi connectivity index (χ1v) is 4.40. The summed E-state index contributed by atoms with van der Waals surface area (Å²) >= 11 is 0. The van der Waals surface area contributed by atoms with Gasteiger partial charge < -0.3 is 4.84 Å². The third kappa shape index (κ3) is 3.62. The number of hydrogen-bond donors (Lipinski definition) is 2. The van der Waals surface area contributed by atoms with Crippen LogP contribution in [-0.2, 0) is 16.2 Å². The molecule has 0 aliphatic carbocycles. The third-order valence-corrected chi connectivity index (χ3v) is 1.78. The number of nitrogens with zero attached hydrogens (tertiary/aromatic N) is 3. The fraction of sp³-hybridized carbons (Fsp3) is 0.286. The number of nitrogens with two attached hydrogens (primary N) is 1. The summed E-state index contributed by atoms with van der Waals surface area (Å²) in [6.07, 6.45) is 1.67. The average Bonchev–Trinajstić information content (AvgIpc) is 2.28. The van der Waals surface area contributed by atoms with E-state index >= 15 is 0 Å². The first kappa shape index (κ1) is 12.7. The molecule has 0 aliphatic rings. The van der Waals surface area contributed by atoms with Crippen LogP contribution in [0, 0.1) is 10.1 Å². The van der Waals surface area contributed by atoms with Gasteiger partial charge in [-0.05, 0) is 0 Å². The lowest BCUT2D eigenvalue weighted by Gasteiger charge is -2.03. The van der Waals surface area contributed by atoms with Crippen LogP contribution in [0.2, 0.25) is 0 Å². The summed E-state index contributed by atoms with van der Waals surface area (Å²) in [4.78, 5) is 39.4. The van der Waals surface area contributed by atoms with Gasteiger partial charge in [0.1, 0.15) is 6.20 Å². The molecule has 1 heterocycles. The molecule has 0 amide bonds. The summed E-state index contributed by atoms with van der Waals surface area (Å²) in [5, 5.41) is 10.4. The number of hydrazine groups is 1. The molecule has 1 aromatic rings. The smallest absolute Gasteiger partial charge is 0.347 e. The largest absolute Gasteiger partial charge is 0.356 e. The number of aryl methyl sites for hydroxylation is 1. The summed E-state index contributed by atoms with van der Waals surface area (Å²) in [5.41, 5.74) is 0.659. The Labute approximate surface area is 94.1 Å². The number of aromatic nitrogens is 2. The van der Waals surface area contributed by atoms with Crippen LogP contribution < -0.4 is 17.1 Å². The fourth-order valence-corrected chi connectivity index (χ4v) is 1.03. The van der Waals surface area contributed by atoms with Gasteiger partial charge in [-0.1, -0.05) is 5.59 Å². The number of carbonyl (C=O) groups is 1. The summed E-state index contributed by atoms with van der Waals surface area (Å²) in [7, 11) is 0. The molecule has 0 bridgehead atoms. The van der Waals surface area contributed by atoms with Crippen molar-refractivity contribution in [1.82, 2.24) is 15.1 Å². The Morgan fingerprint density at radius 2 is 2.41 bits per heavy atom. The fourth-order valence-electron chi connectivity index (χ4n) is 1.03. The van der Waals surface area contributed by atoms with Crippen LogP contribution in [0.3, 0.4) is 0 Å². The molecule has 1 aromatic heterocycles. The van der Waals surface area contributed by atoms with Crippen molar-refractivity contribution in [1.29, 1.82) is 0 Å². The Morgan fingerprint density at radius 1 is 1.71 bits per heavy atom. The van der Waals surface area contributed by atoms with E-state index in [1.807, 2.05) is 0 Å². The van der Waals surface area contributed by atoms with Gasteiger partial charge in [0.05, 0.1) is 17.5 Å². The Balaban J connectivity index is 2.76. The molecule has 0 aromatic carbocycles. The molecule has 0 saturated carbocycles. The predicted octanol–water partition coefficient (Wildman–Crippen LogP) is -1.54. The average molecular weight is 243 g/mol. The minimum Gasteiger partial charge on any atom is -0.356 e. The van der Waals surface area contributed by atoms with Crippen LogP contribution in [0.15, 0.2) is 17.2 Å². The van der Waals surface area contributed by atoms with E-state index in [-0.39, 0.29) is 18.7 Å². The lowest BCUT2D eigenvalue weighted by molar-refractivity contribution is -0.385. The van der Waals surface area contributed by atoms with Crippen LogP contribution >= 0.6 is 0 Å². The molecule has 17 heavy (non-hydrogen) atoms. The number of nitro groups is 1. The van der Waals surface area contributed by atoms with Gasteiger partial charge >= 0.3 is 17.3 Å². The van der Waals surface area contributed by atoms with Crippen molar-refractivity contribution in [2.45, 2.75) is 13.0 Å². The Kier molecular flexibility index (Phi) is 4.25. The highest BCUT2D eigenvalue weighted by Crippen LogP contribution is 2.04. The molecule has 10 nitrogen and oxygen atoms in total.